The van der Waals surface area contributed by atoms with Crippen LogP contribution in [-0.4, -0.2) is 24.7 Å². The lowest BCUT2D eigenvalue weighted by molar-refractivity contribution is 0.0695. The summed E-state index contributed by atoms with van der Waals surface area (Å²) >= 11 is 3.14. The Balaban J connectivity index is 2.28. The molecule has 0 unspecified atom stereocenters. The third-order valence-electron chi connectivity index (χ3n) is 4.31. The predicted octanol–water partition coefficient (Wildman–Crippen LogP) is 3.89. The van der Waals surface area contributed by atoms with Crippen LogP contribution >= 0.6 is 15.9 Å². The summed E-state index contributed by atoms with van der Waals surface area (Å²) < 4.78 is 25.7. The molecule has 0 amide bonds. The molecule has 0 aliphatic heterocycles. The van der Waals surface area contributed by atoms with Gasteiger partial charge in [-0.25, -0.2) is 13.2 Å². The average Bonchev–Trinajstić information content (AvgIpc) is 2.47. The van der Waals surface area contributed by atoms with Crippen molar-refractivity contribution in [1.82, 2.24) is 0 Å². The molecule has 6 heteroatoms. The Morgan fingerprint density at radius 2 is 1.90 bits per heavy atom. The van der Waals surface area contributed by atoms with Gasteiger partial charge in [0, 0.05) is 4.47 Å². The molecular weight excluding hydrogens is 356 g/mol. The molecule has 0 saturated heterocycles. The van der Waals surface area contributed by atoms with Crippen LogP contribution in [0.3, 0.4) is 0 Å². The van der Waals surface area contributed by atoms with Gasteiger partial charge < -0.3 is 5.11 Å². The van der Waals surface area contributed by atoms with Gasteiger partial charge in [-0.05, 0) is 65.7 Å². The highest BCUT2D eigenvalue weighted by molar-refractivity contribution is 9.10. The van der Waals surface area contributed by atoms with Crippen molar-refractivity contribution in [3.8, 4) is 0 Å². The van der Waals surface area contributed by atoms with E-state index in [2.05, 4.69) is 22.9 Å². The highest BCUT2D eigenvalue weighted by Gasteiger charge is 2.32. The normalized spacial score (nSPS) is 23.0. The topological polar surface area (TPSA) is 71.4 Å². The van der Waals surface area contributed by atoms with Gasteiger partial charge in [-0.2, -0.15) is 0 Å². The summed E-state index contributed by atoms with van der Waals surface area (Å²) in [6.45, 7) is 2.13. The lowest BCUT2D eigenvalue weighted by atomic mass is 9.87. The van der Waals surface area contributed by atoms with Crippen molar-refractivity contribution in [3.63, 3.8) is 0 Å². The number of aromatic carboxylic acids is 1. The Morgan fingerprint density at radius 3 is 2.43 bits per heavy atom. The molecular formula is C15H19BrO4S. The molecule has 0 radical (unpaired) electrons. The van der Waals surface area contributed by atoms with Gasteiger partial charge in [-0.15, -0.1) is 0 Å². The lowest BCUT2D eigenvalue weighted by Crippen LogP contribution is -2.27. The number of carbonyl (C=O) groups is 1. The number of sulfone groups is 1. The second-order valence-corrected chi connectivity index (χ2v) is 8.63. The predicted molar refractivity (Wildman–Crippen MR) is 84.3 cm³/mol. The van der Waals surface area contributed by atoms with E-state index in [-0.39, 0.29) is 15.7 Å². The van der Waals surface area contributed by atoms with Gasteiger partial charge in [0.15, 0.2) is 9.84 Å². The Kier molecular flexibility index (Phi) is 5.09. The SMILES string of the molecule is CCC1CCC(S(=O)(=O)c2ccc(Br)c(C(=O)O)c2)CC1. The van der Waals surface area contributed by atoms with Crippen molar-refractivity contribution in [2.75, 3.05) is 0 Å². The fourth-order valence-electron chi connectivity index (χ4n) is 2.89. The van der Waals surface area contributed by atoms with Crippen LogP contribution in [0, 0.1) is 5.92 Å². The molecule has 0 aromatic heterocycles. The van der Waals surface area contributed by atoms with Crippen molar-refractivity contribution >= 4 is 31.7 Å². The van der Waals surface area contributed by atoms with Crippen LogP contribution in [0.25, 0.3) is 0 Å². The van der Waals surface area contributed by atoms with Crippen molar-refractivity contribution in [1.29, 1.82) is 0 Å². The molecule has 0 heterocycles. The number of carboxylic acids is 1. The zero-order chi connectivity index (χ0) is 15.6. The fraction of sp³-hybridized carbons (Fsp3) is 0.533. The largest absolute Gasteiger partial charge is 0.478 e. The second-order valence-electron chi connectivity index (χ2n) is 5.54. The van der Waals surface area contributed by atoms with Gasteiger partial charge in [0.2, 0.25) is 0 Å². The van der Waals surface area contributed by atoms with E-state index in [0.29, 0.717) is 23.2 Å². The van der Waals surface area contributed by atoms with E-state index in [4.69, 9.17) is 5.11 Å². The average molecular weight is 375 g/mol. The van der Waals surface area contributed by atoms with Crippen molar-refractivity contribution in [3.05, 3.63) is 28.2 Å². The molecule has 21 heavy (non-hydrogen) atoms. The van der Waals surface area contributed by atoms with Crippen molar-refractivity contribution in [2.24, 2.45) is 5.92 Å². The zero-order valence-corrected chi connectivity index (χ0v) is 14.3. The minimum absolute atomic E-state index is 0.0154. The van der Waals surface area contributed by atoms with E-state index >= 15 is 0 Å². The maximum atomic E-state index is 12.7. The minimum Gasteiger partial charge on any atom is -0.478 e. The smallest absolute Gasteiger partial charge is 0.336 e. The molecule has 0 atom stereocenters. The molecule has 1 aromatic rings. The zero-order valence-electron chi connectivity index (χ0n) is 11.9. The van der Waals surface area contributed by atoms with Crippen molar-refractivity contribution < 1.29 is 18.3 Å². The molecule has 0 bridgehead atoms. The first-order valence-corrected chi connectivity index (χ1v) is 9.47. The van der Waals surface area contributed by atoms with Crippen LogP contribution in [0.2, 0.25) is 0 Å². The maximum Gasteiger partial charge on any atom is 0.336 e. The highest BCUT2D eigenvalue weighted by atomic mass is 79.9. The van der Waals surface area contributed by atoms with Gasteiger partial charge >= 0.3 is 5.97 Å². The summed E-state index contributed by atoms with van der Waals surface area (Å²) in [6, 6.07) is 4.24. The molecule has 1 aromatic carbocycles. The van der Waals surface area contributed by atoms with Crippen LogP contribution in [0.1, 0.15) is 49.4 Å². The summed E-state index contributed by atoms with van der Waals surface area (Å²) in [5, 5.41) is 8.72. The highest BCUT2D eigenvalue weighted by Crippen LogP contribution is 2.34. The molecule has 1 N–H and O–H groups in total. The summed E-state index contributed by atoms with van der Waals surface area (Å²) in [5.74, 6) is -0.510. The van der Waals surface area contributed by atoms with Crippen LogP contribution in [0.5, 0.6) is 0 Å². The summed E-state index contributed by atoms with van der Waals surface area (Å²) in [6.07, 6.45) is 4.29. The van der Waals surface area contributed by atoms with E-state index in [1.807, 2.05) is 0 Å². The molecule has 1 aliphatic rings. The molecule has 1 saturated carbocycles. The quantitative estimate of drug-likeness (QED) is 0.867. The van der Waals surface area contributed by atoms with E-state index < -0.39 is 15.8 Å². The van der Waals surface area contributed by atoms with Crippen molar-refractivity contribution in [2.45, 2.75) is 49.2 Å². The number of halogens is 1. The standard InChI is InChI=1S/C15H19BrO4S/c1-2-10-3-5-11(6-4-10)21(19,20)12-7-8-14(16)13(9-12)15(17)18/h7-11H,2-6H2,1H3,(H,17,18). The second kappa shape index (κ2) is 6.48. The molecule has 116 valence electrons. The minimum atomic E-state index is -3.45. The third kappa shape index (κ3) is 3.48. The Hall–Kier alpha value is -0.880. The van der Waals surface area contributed by atoms with E-state index in [9.17, 15) is 13.2 Å². The number of benzene rings is 1. The lowest BCUT2D eigenvalue weighted by Gasteiger charge is -2.27. The van der Waals surface area contributed by atoms with E-state index in [1.54, 1.807) is 0 Å². The van der Waals surface area contributed by atoms with Gasteiger partial charge in [0.05, 0.1) is 15.7 Å². The first-order chi connectivity index (χ1) is 9.86. The molecule has 2 rings (SSSR count). The number of carboxylic acid groups (broad SMARTS) is 1. The summed E-state index contributed by atoms with van der Waals surface area (Å²) in [4.78, 5) is 11.2. The number of hydrogen-bond acceptors (Lipinski definition) is 3. The molecule has 0 spiro atoms. The van der Waals surface area contributed by atoms with E-state index in [1.165, 1.54) is 18.2 Å². The van der Waals surface area contributed by atoms with Crippen LogP contribution in [0.15, 0.2) is 27.6 Å². The Bertz CT molecular complexity index is 631. The van der Waals surface area contributed by atoms with Crippen LogP contribution < -0.4 is 0 Å². The Morgan fingerprint density at radius 1 is 1.29 bits per heavy atom. The molecule has 4 nitrogen and oxygen atoms in total. The number of rotatable bonds is 4. The fourth-order valence-corrected chi connectivity index (χ4v) is 5.12. The first-order valence-electron chi connectivity index (χ1n) is 7.13. The van der Waals surface area contributed by atoms with E-state index in [0.717, 1.165) is 19.3 Å². The summed E-state index contributed by atoms with van der Waals surface area (Å²) in [5.41, 5.74) is -0.0154. The number of hydrogen-bond donors (Lipinski definition) is 1. The first kappa shape index (κ1) is 16.5. The van der Waals surface area contributed by atoms with Gasteiger partial charge in [-0.3, -0.25) is 0 Å². The maximum absolute atomic E-state index is 12.7. The summed E-state index contributed by atoms with van der Waals surface area (Å²) in [7, 11) is -3.45. The van der Waals surface area contributed by atoms with Gasteiger partial charge in [-0.1, -0.05) is 13.3 Å². The molecule has 1 aliphatic carbocycles. The van der Waals surface area contributed by atoms with Crippen LogP contribution in [-0.2, 0) is 9.84 Å². The Labute approximate surface area is 133 Å². The third-order valence-corrected chi connectivity index (χ3v) is 7.26. The monoisotopic (exact) mass is 374 g/mol. The van der Waals surface area contributed by atoms with Gasteiger partial charge in [0.25, 0.3) is 0 Å². The van der Waals surface area contributed by atoms with Crippen LogP contribution in [0.4, 0.5) is 0 Å². The molecule has 1 fully saturated rings. The van der Waals surface area contributed by atoms with Gasteiger partial charge in [0.1, 0.15) is 0 Å².